The van der Waals surface area contributed by atoms with Gasteiger partial charge in [0.2, 0.25) is 5.95 Å². The molecule has 1 aromatic carbocycles. The molecule has 1 saturated heterocycles. The van der Waals surface area contributed by atoms with Crippen LogP contribution in [0.3, 0.4) is 0 Å². The van der Waals surface area contributed by atoms with Crippen molar-refractivity contribution < 1.29 is 0 Å². The zero-order valence-corrected chi connectivity index (χ0v) is 18.8. The third-order valence-corrected chi connectivity index (χ3v) is 6.94. The molecule has 2 N–H and O–H groups in total. The average molecular weight is 446 g/mol. The zero-order chi connectivity index (χ0) is 21.3. The number of hydrogen-bond donors (Lipinski definition) is 2. The molecule has 2 aliphatic rings. The van der Waals surface area contributed by atoms with Gasteiger partial charge in [-0.1, -0.05) is 30.3 Å². The van der Waals surface area contributed by atoms with E-state index in [1.54, 1.807) is 11.3 Å². The van der Waals surface area contributed by atoms with Crippen molar-refractivity contribution in [1.82, 2.24) is 24.4 Å². The monoisotopic (exact) mass is 445 g/mol. The second-order valence-corrected chi connectivity index (χ2v) is 9.54. The summed E-state index contributed by atoms with van der Waals surface area (Å²) in [6.45, 7) is 3.18. The average Bonchev–Trinajstić information content (AvgIpc) is 3.29. The van der Waals surface area contributed by atoms with Crippen LogP contribution >= 0.6 is 11.3 Å². The molecule has 4 heterocycles. The first-order valence-electron chi connectivity index (χ1n) is 11.4. The molecule has 7 nitrogen and oxygen atoms in total. The summed E-state index contributed by atoms with van der Waals surface area (Å²) >= 11 is 1.68. The van der Waals surface area contributed by atoms with Gasteiger partial charge in [-0.05, 0) is 42.7 Å². The molecule has 4 aromatic rings. The van der Waals surface area contributed by atoms with Crippen molar-refractivity contribution in [3.63, 3.8) is 0 Å². The number of benzene rings is 1. The normalized spacial score (nSPS) is 17.6. The summed E-state index contributed by atoms with van der Waals surface area (Å²) in [6.07, 6.45) is 6.41. The van der Waals surface area contributed by atoms with Gasteiger partial charge in [0, 0.05) is 37.1 Å². The van der Waals surface area contributed by atoms with Crippen LogP contribution in [0.5, 0.6) is 0 Å². The lowest BCUT2D eigenvalue weighted by Crippen LogP contribution is -2.39. The summed E-state index contributed by atoms with van der Waals surface area (Å²) in [5.74, 6) is 1.54. The molecule has 1 saturated carbocycles. The molecule has 8 heteroatoms. The molecular formula is C24H27N7S. The summed E-state index contributed by atoms with van der Waals surface area (Å²) in [6, 6.07) is 13.7. The Hall–Kier alpha value is -2.97. The van der Waals surface area contributed by atoms with Crippen LogP contribution in [-0.4, -0.2) is 49.6 Å². The Bertz CT molecular complexity index is 1180. The van der Waals surface area contributed by atoms with Crippen LogP contribution in [-0.2, 0) is 6.54 Å². The highest BCUT2D eigenvalue weighted by molar-refractivity contribution is 7.08. The van der Waals surface area contributed by atoms with E-state index in [-0.39, 0.29) is 0 Å². The number of anilines is 2. The topological polar surface area (TPSA) is 70.9 Å². The molecule has 1 aliphatic heterocycles. The van der Waals surface area contributed by atoms with E-state index >= 15 is 0 Å². The number of aromatic nitrogens is 4. The molecule has 0 unspecified atom stereocenters. The highest BCUT2D eigenvalue weighted by atomic mass is 32.1. The van der Waals surface area contributed by atoms with E-state index in [0.29, 0.717) is 18.0 Å². The van der Waals surface area contributed by atoms with Gasteiger partial charge in [0.25, 0.3) is 0 Å². The molecule has 1 aliphatic carbocycles. The summed E-state index contributed by atoms with van der Waals surface area (Å²) in [5.41, 5.74) is 4.16. The molecule has 0 radical (unpaired) electrons. The quantitative estimate of drug-likeness (QED) is 0.436. The largest absolute Gasteiger partial charge is 0.365 e. The van der Waals surface area contributed by atoms with Crippen molar-refractivity contribution in [2.24, 2.45) is 0 Å². The van der Waals surface area contributed by atoms with E-state index < -0.39 is 0 Å². The highest BCUT2D eigenvalue weighted by Crippen LogP contribution is 2.30. The third kappa shape index (κ3) is 4.20. The number of imidazole rings is 1. The lowest BCUT2D eigenvalue weighted by atomic mass is 10.0. The number of thiophene rings is 1. The van der Waals surface area contributed by atoms with E-state index in [1.165, 1.54) is 18.4 Å². The van der Waals surface area contributed by atoms with Crippen LogP contribution in [0, 0.1) is 0 Å². The van der Waals surface area contributed by atoms with Crippen LogP contribution in [0.4, 0.5) is 11.8 Å². The Kier molecular flexibility index (Phi) is 5.24. The number of nitrogens with one attached hydrogen (secondary N) is 2. The van der Waals surface area contributed by atoms with Gasteiger partial charge in [-0.3, -0.25) is 9.47 Å². The Labute approximate surface area is 191 Å². The zero-order valence-electron chi connectivity index (χ0n) is 17.9. The van der Waals surface area contributed by atoms with E-state index in [0.717, 1.165) is 55.1 Å². The minimum absolute atomic E-state index is 0.380. The van der Waals surface area contributed by atoms with Gasteiger partial charge in [0.15, 0.2) is 17.0 Å². The van der Waals surface area contributed by atoms with Crippen molar-refractivity contribution in [2.45, 2.75) is 44.3 Å². The van der Waals surface area contributed by atoms with Gasteiger partial charge in [0.1, 0.15) is 6.33 Å². The molecule has 0 atom stereocenters. The fourth-order valence-corrected chi connectivity index (χ4v) is 4.96. The van der Waals surface area contributed by atoms with Gasteiger partial charge < -0.3 is 10.6 Å². The van der Waals surface area contributed by atoms with Crippen LogP contribution in [0.1, 0.15) is 31.2 Å². The number of fused-ring (bicyclic) bond motifs is 1. The number of piperidine rings is 1. The maximum Gasteiger partial charge on any atom is 0.227 e. The fraction of sp³-hybridized carbons (Fsp3) is 0.375. The molecule has 0 spiro atoms. The van der Waals surface area contributed by atoms with Crippen LogP contribution < -0.4 is 10.6 Å². The first kappa shape index (κ1) is 19.7. The molecule has 164 valence electrons. The lowest BCUT2D eigenvalue weighted by Gasteiger charge is -2.32. The van der Waals surface area contributed by atoms with E-state index in [4.69, 9.17) is 9.97 Å². The van der Waals surface area contributed by atoms with E-state index in [1.807, 2.05) is 6.33 Å². The summed E-state index contributed by atoms with van der Waals surface area (Å²) in [7, 11) is 0. The molecular weight excluding hydrogens is 418 g/mol. The second-order valence-electron chi connectivity index (χ2n) is 8.76. The smallest absolute Gasteiger partial charge is 0.227 e. The molecule has 3 aromatic heterocycles. The second kappa shape index (κ2) is 8.52. The molecule has 6 rings (SSSR count). The van der Waals surface area contributed by atoms with Gasteiger partial charge in [-0.25, -0.2) is 4.98 Å². The first-order chi connectivity index (χ1) is 15.8. The fourth-order valence-electron chi connectivity index (χ4n) is 4.33. The summed E-state index contributed by atoms with van der Waals surface area (Å²) in [5, 5.41) is 11.4. The van der Waals surface area contributed by atoms with Crippen molar-refractivity contribution in [1.29, 1.82) is 0 Å². The number of likely N-dealkylation sites (tertiary alicyclic amines) is 1. The van der Waals surface area contributed by atoms with Gasteiger partial charge in [-0.2, -0.15) is 21.3 Å². The number of rotatable bonds is 7. The summed E-state index contributed by atoms with van der Waals surface area (Å²) < 4.78 is 2.05. The SMILES string of the molecule is c1ccc(CN2CCC(Nc3nc(NC4CC4)c4ncn(-c5ccsc5)c4n3)CC2)cc1. The van der Waals surface area contributed by atoms with Crippen molar-refractivity contribution in [2.75, 3.05) is 23.7 Å². The minimum Gasteiger partial charge on any atom is -0.365 e. The van der Waals surface area contributed by atoms with E-state index in [2.05, 4.69) is 72.2 Å². The predicted octanol–water partition coefficient (Wildman–Crippen LogP) is 4.53. The Morgan fingerprint density at radius 1 is 0.938 bits per heavy atom. The van der Waals surface area contributed by atoms with Crippen LogP contribution in [0.25, 0.3) is 16.9 Å². The lowest BCUT2D eigenvalue weighted by molar-refractivity contribution is 0.211. The van der Waals surface area contributed by atoms with Crippen LogP contribution in [0.2, 0.25) is 0 Å². The summed E-state index contributed by atoms with van der Waals surface area (Å²) in [4.78, 5) is 16.9. The third-order valence-electron chi connectivity index (χ3n) is 6.27. The van der Waals surface area contributed by atoms with E-state index in [9.17, 15) is 0 Å². The van der Waals surface area contributed by atoms with Crippen LogP contribution in [0.15, 0.2) is 53.5 Å². The predicted molar refractivity (Wildman–Crippen MR) is 130 cm³/mol. The molecule has 0 bridgehead atoms. The van der Waals surface area contributed by atoms with Gasteiger partial charge in [-0.15, -0.1) is 0 Å². The van der Waals surface area contributed by atoms with Crippen molar-refractivity contribution in [3.05, 3.63) is 59.0 Å². The Balaban J connectivity index is 1.20. The molecule has 2 fully saturated rings. The number of nitrogens with zero attached hydrogens (tertiary/aromatic N) is 5. The van der Waals surface area contributed by atoms with Gasteiger partial charge in [0.05, 0.1) is 5.69 Å². The standard InChI is InChI=1S/C24H27N7S/c1-2-4-17(5-3-1)14-30-11-8-19(9-12-30)27-24-28-22(26-18-6-7-18)21-23(29-24)31(16-25-21)20-10-13-32-15-20/h1-5,10,13,15-16,18-19H,6-9,11-12,14H2,(H2,26,27,28,29). The minimum atomic E-state index is 0.380. The molecule has 32 heavy (non-hydrogen) atoms. The van der Waals surface area contributed by atoms with Crippen molar-refractivity contribution in [3.8, 4) is 5.69 Å². The maximum absolute atomic E-state index is 4.89. The Morgan fingerprint density at radius 2 is 1.75 bits per heavy atom. The number of hydrogen-bond acceptors (Lipinski definition) is 7. The van der Waals surface area contributed by atoms with Crippen molar-refractivity contribution >= 4 is 34.3 Å². The molecule has 0 amide bonds. The maximum atomic E-state index is 4.89. The Morgan fingerprint density at radius 3 is 2.50 bits per heavy atom. The highest BCUT2D eigenvalue weighted by Gasteiger charge is 2.25. The van der Waals surface area contributed by atoms with Gasteiger partial charge >= 0.3 is 0 Å². The first-order valence-corrected chi connectivity index (χ1v) is 12.3.